The summed E-state index contributed by atoms with van der Waals surface area (Å²) in [5, 5.41) is 20.6. The highest BCUT2D eigenvalue weighted by Crippen LogP contribution is 2.24. The number of nitrogens with one attached hydrogen (secondary N) is 1. The Balaban J connectivity index is 2.20. The number of aromatic nitrogens is 4. The van der Waals surface area contributed by atoms with Gasteiger partial charge in [-0.15, -0.1) is 0 Å². The minimum atomic E-state index is -1.04. The SMILES string of the molecule is CCc1nn(-c2cc(F)c3n[nH]c(I)c3c2)cc1C(=O)O. The molecular weight excluding hydrogens is 390 g/mol. The van der Waals surface area contributed by atoms with E-state index in [4.69, 9.17) is 5.11 Å². The first-order valence-electron chi connectivity index (χ1n) is 6.16. The first-order chi connectivity index (χ1) is 10.0. The lowest BCUT2D eigenvalue weighted by molar-refractivity contribution is 0.0695. The highest BCUT2D eigenvalue weighted by molar-refractivity contribution is 14.1. The molecule has 8 heteroatoms. The van der Waals surface area contributed by atoms with Gasteiger partial charge >= 0.3 is 5.97 Å². The van der Waals surface area contributed by atoms with Crippen LogP contribution in [0, 0.1) is 9.52 Å². The topological polar surface area (TPSA) is 83.8 Å². The molecule has 0 aliphatic rings. The number of carboxylic acid groups (broad SMARTS) is 1. The quantitative estimate of drug-likeness (QED) is 0.663. The van der Waals surface area contributed by atoms with Gasteiger partial charge in [-0.1, -0.05) is 6.92 Å². The molecule has 0 aliphatic carbocycles. The lowest BCUT2D eigenvalue weighted by atomic mass is 10.2. The second-order valence-electron chi connectivity index (χ2n) is 4.45. The molecule has 0 unspecified atom stereocenters. The number of fused-ring (bicyclic) bond motifs is 1. The van der Waals surface area contributed by atoms with Crippen LogP contribution in [0.15, 0.2) is 18.3 Å². The largest absolute Gasteiger partial charge is 0.478 e. The maximum Gasteiger partial charge on any atom is 0.339 e. The Labute approximate surface area is 132 Å². The number of aromatic amines is 1. The molecule has 0 fully saturated rings. The molecule has 108 valence electrons. The van der Waals surface area contributed by atoms with Crippen LogP contribution in [0.5, 0.6) is 0 Å². The van der Waals surface area contributed by atoms with Crippen molar-refractivity contribution in [1.29, 1.82) is 0 Å². The maximum absolute atomic E-state index is 14.1. The molecule has 2 N–H and O–H groups in total. The zero-order chi connectivity index (χ0) is 15.1. The van der Waals surface area contributed by atoms with Crippen LogP contribution in [-0.4, -0.2) is 31.1 Å². The minimum absolute atomic E-state index is 0.125. The van der Waals surface area contributed by atoms with E-state index in [0.717, 1.165) is 0 Å². The van der Waals surface area contributed by atoms with Crippen LogP contribution in [0.1, 0.15) is 23.0 Å². The fourth-order valence-electron chi connectivity index (χ4n) is 2.14. The summed E-state index contributed by atoms with van der Waals surface area (Å²) in [6.07, 6.45) is 1.89. The van der Waals surface area contributed by atoms with E-state index in [2.05, 4.69) is 15.3 Å². The first-order valence-corrected chi connectivity index (χ1v) is 7.24. The second kappa shape index (κ2) is 5.10. The van der Waals surface area contributed by atoms with Gasteiger partial charge in [0.2, 0.25) is 0 Å². The number of benzene rings is 1. The highest BCUT2D eigenvalue weighted by Gasteiger charge is 2.17. The summed E-state index contributed by atoms with van der Waals surface area (Å²) >= 11 is 2.03. The van der Waals surface area contributed by atoms with E-state index in [1.165, 1.54) is 16.9 Å². The van der Waals surface area contributed by atoms with E-state index in [9.17, 15) is 9.18 Å². The normalized spacial score (nSPS) is 11.2. The Morgan fingerprint density at radius 2 is 2.29 bits per heavy atom. The molecule has 3 aromatic rings. The summed E-state index contributed by atoms with van der Waals surface area (Å²) in [6.45, 7) is 1.82. The Morgan fingerprint density at radius 1 is 1.52 bits per heavy atom. The third-order valence-corrected chi connectivity index (χ3v) is 3.99. The van der Waals surface area contributed by atoms with Gasteiger partial charge in [-0.05, 0) is 35.1 Å². The number of halogens is 2. The van der Waals surface area contributed by atoms with Gasteiger partial charge < -0.3 is 5.11 Å². The maximum atomic E-state index is 14.1. The molecule has 0 amide bonds. The Kier molecular flexibility index (Phi) is 3.40. The summed E-state index contributed by atoms with van der Waals surface area (Å²) in [6, 6.07) is 3.01. The standard InChI is InChI=1S/C13H10FIN4O2/c1-2-10-8(13(20)21)5-19(18-10)6-3-7-11(9(14)4-6)16-17-12(7)15/h3-5H,2H2,1H3,(H,16,17)(H,20,21). The van der Waals surface area contributed by atoms with Crippen LogP contribution in [0.3, 0.4) is 0 Å². The van der Waals surface area contributed by atoms with Gasteiger partial charge in [0.15, 0.2) is 5.82 Å². The van der Waals surface area contributed by atoms with Crippen molar-refractivity contribution in [3.63, 3.8) is 0 Å². The van der Waals surface area contributed by atoms with Gasteiger partial charge in [0.25, 0.3) is 0 Å². The lowest BCUT2D eigenvalue weighted by Crippen LogP contribution is -1.98. The monoisotopic (exact) mass is 400 g/mol. The number of aryl methyl sites for hydroxylation is 1. The molecule has 3 rings (SSSR count). The van der Waals surface area contributed by atoms with Crippen molar-refractivity contribution in [3.05, 3.63) is 39.1 Å². The molecule has 2 heterocycles. The average molecular weight is 400 g/mol. The summed E-state index contributed by atoms with van der Waals surface area (Å²) in [4.78, 5) is 11.2. The number of carbonyl (C=O) groups is 1. The highest BCUT2D eigenvalue weighted by atomic mass is 127. The summed E-state index contributed by atoms with van der Waals surface area (Å²) in [5.74, 6) is -1.52. The predicted octanol–water partition coefficient (Wildman–Crippen LogP) is 2.75. The van der Waals surface area contributed by atoms with Crippen molar-refractivity contribution in [2.75, 3.05) is 0 Å². The van der Waals surface area contributed by atoms with Gasteiger partial charge in [0.1, 0.15) is 14.8 Å². The van der Waals surface area contributed by atoms with Crippen LogP contribution < -0.4 is 0 Å². The first kappa shape index (κ1) is 14.0. The summed E-state index contributed by atoms with van der Waals surface area (Å²) < 4.78 is 16.1. The molecule has 21 heavy (non-hydrogen) atoms. The number of hydrogen-bond donors (Lipinski definition) is 2. The van der Waals surface area contributed by atoms with Crippen LogP contribution in [0.25, 0.3) is 16.6 Å². The Bertz CT molecular complexity index is 855. The van der Waals surface area contributed by atoms with Crippen LogP contribution in [0.2, 0.25) is 0 Å². The number of nitrogens with zero attached hydrogens (tertiary/aromatic N) is 3. The number of hydrogen-bond acceptors (Lipinski definition) is 3. The molecular formula is C13H10FIN4O2. The molecule has 1 aromatic carbocycles. The van der Waals surface area contributed by atoms with Gasteiger partial charge in [0.05, 0.1) is 11.4 Å². The number of carboxylic acids is 1. The molecule has 0 atom stereocenters. The molecule has 0 spiro atoms. The zero-order valence-electron chi connectivity index (χ0n) is 10.9. The van der Waals surface area contributed by atoms with Gasteiger partial charge in [-0.25, -0.2) is 13.9 Å². The van der Waals surface area contributed by atoms with E-state index in [1.807, 2.05) is 29.5 Å². The van der Waals surface area contributed by atoms with Gasteiger partial charge in [-0.2, -0.15) is 10.2 Å². The minimum Gasteiger partial charge on any atom is -0.478 e. The smallest absolute Gasteiger partial charge is 0.339 e. The number of rotatable bonds is 3. The molecule has 0 radical (unpaired) electrons. The second-order valence-corrected chi connectivity index (χ2v) is 5.53. The third kappa shape index (κ3) is 2.28. The van der Waals surface area contributed by atoms with Crippen molar-refractivity contribution >= 4 is 39.5 Å². The predicted molar refractivity (Wildman–Crippen MR) is 82.2 cm³/mol. The molecule has 2 aromatic heterocycles. The average Bonchev–Trinajstić information content (AvgIpc) is 3.03. The number of aromatic carboxylic acids is 1. The fourth-order valence-corrected chi connectivity index (χ4v) is 2.68. The lowest BCUT2D eigenvalue weighted by Gasteiger charge is -2.02. The van der Waals surface area contributed by atoms with Crippen molar-refractivity contribution in [3.8, 4) is 5.69 Å². The molecule has 0 bridgehead atoms. The van der Waals surface area contributed by atoms with Crippen molar-refractivity contribution in [2.24, 2.45) is 0 Å². The van der Waals surface area contributed by atoms with E-state index >= 15 is 0 Å². The summed E-state index contributed by atoms with van der Waals surface area (Å²) in [7, 11) is 0. The van der Waals surface area contributed by atoms with Gasteiger partial charge in [-0.3, -0.25) is 5.10 Å². The molecule has 0 saturated carbocycles. The Hall–Kier alpha value is -1.97. The van der Waals surface area contributed by atoms with E-state index in [1.54, 1.807) is 6.07 Å². The zero-order valence-corrected chi connectivity index (χ0v) is 13.0. The van der Waals surface area contributed by atoms with E-state index < -0.39 is 11.8 Å². The third-order valence-electron chi connectivity index (χ3n) is 3.17. The Morgan fingerprint density at radius 3 is 2.90 bits per heavy atom. The molecule has 0 saturated heterocycles. The van der Waals surface area contributed by atoms with E-state index in [0.29, 0.717) is 26.9 Å². The summed E-state index contributed by atoms with van der Waals surface area (Å²) in [5.41, 5.74) is 1.30. The van der Waals surface area contributed by atoms with E-state index in [-0.39, 0.29) is 11.1 Å². The fraction of sp³-hybridized carbons (Fsp3) is 0.154. The van der Waals surface area contributed by atoms with Crippen molar-refractivity contribution < 1.29 is 14.3 Å². The van der Waals surface area contributed by atoms with Crippen molar-refractivity contribution in [2.45, 2.75) is 13.3 Å². The van der Waals surface area contributed by atoms with Gasteiger partial charge in [0, 0.05) is 17.6 Å². The van der Waals surface area contributed by atoms with Crippen LogP contribution in [0.4, 0.5) is 4.39 Å². The van der Waals surface area contributed by atoms with Crippen LogP contribution in [-0.2, 0) is 6.42 Å². The van der Waals surface area contributed by atoms with Crippen LogP contribution >= 0.6 is 22.6 Å². The molecule has 6 nitrogen and oxygen atoms in total. The number of H-pyrrole nitrogens is 1. The molecule has 0 aliphatic heterocycles. The van der Waals surface area contributed by atoms with Crippen molar-refractivity contribution in [1.82, 2.24) is 20.0 Å².